The van der Waals surface area contributed by atoms with Crippen molar-refractivity contribution in [1.82, 2.24) is 0 Å². The Balaban J connectivity index is 2.83. The molecule has 0 atom stereocenters. The van der Waals surface area contributed by atoms with Gasteiger partial charge in [-0.25, -0.2) is 0 Å². The molecule has 60 valence electrons. The van der Waals surface area contributed by atoms with E-state index in [9.17, 15) is 0 Å². The maximum Gasteiger partial charge on any atom is 0.0288 e. The van der Waals surface area contributed by atoms with Crippen LogP contribution in [-0.4, -0.2) is 18.8 Å². The van der Waals surface area contributed by atoms with Crippen molar-refractivity contribution in [3.05, 3.63) is 11.8 Å². The third-order valence-electron chi connectivity index (χ3n) is 1.63. The van der Waals surface area contributed by atoms with Crippen molar-refractivity contribution in [2.45, 2.75) is 39.0 Å². The Kier molecular flexibility index (Phi) is 9.33. The average molecular weight is 172 g/mol. The summed E-state index contributed by atoms with van der Waals surface area (Å²) in [6.07, 6.45) is 9.37. The predicted octanol–water partition coefficient (Wildman–Crippen LogP) is 0.920. The fraction of sp³-hybridized carbons (Fsp3) is 0.750. The molecule has 0 fully saturated rings. The summed E-state index contributed by atoms with van der Waals surface area (Å²) in [5.41, 5.74) is 2.46. The molecular weight excluding hydrogens is 152 g/mol. The largest absolute Gasteiger partial charge is 0.109 e. The molecule has 0 nitrogen and oxygen atoms in total. The Hall–Kier alpha value is 0.174. The molecule has 0 aliphatic rings. The van der Waals surface area contributed by atoms with E-state index >= 15 is 0 Å². The van der Waals surface area contributed by atoms with E-state index in [1.54, 1.807) is 0 Å². The maximum atomic E-state index is 2.46. The minimum Gasteiger partial charge on any atom is -0.109 e. The van der Waals surface area contributed by atoms with Gasteiger partial charge in [0.2, 0.25) is 0 Å². The van der Waals surface area contributed by atoms with Crippen LogP contribution in [0.3, 0.4) is 0 Å². The van der Waals surface area contributed by atoms with Gasteiger partial charge in [-0.05, 0) is 22.6 Å². The molecule has 0 bridgehead atoms. The second-order valence-electron chi connectivity index (χ2n) is 2.73. The van der Waals surface area contributed by atoms with Crippen LogP contribution >= 0.6 is 0 Å². The van der Waals surface area contributed by atoms with E-state index in [4.69, 9.17) is 0 Å². The van der Waals surface area contributed by atoms with E-state index < -0.39 is 0 Å². The molecular formula is C8H20Si2. The Labute approximate surface area is 70.1 Å². The van der Waals surface area contributed by atoms with Crippen LogP contribution in [0.15, 0.2) is 11.8 Å². The molecule has 0 heterocycles. The molecule has 0 N–H and O–H groups in total. The molecule has 10 heavy (non-hydrogen) atoms. The van der Waals surface area contributed by atoms with Gasteiger partial charge >= 0.3 is 0 Å². The Morgan fingerprint density at radius 1 is 1.30 bits per heavy atom. The molecule has 0 rings (SSSR count). The topological polar surface area (TPSA) is 0 Å². The Bertz CT molecular complexity index is 79.3. The highest BCUT2D eigenvalue weighted by atomic mass is 29.1. The van der Waals surface area contributed by atoms with E-state index in [0.717, 1.165) is 0 Å². The number of rotatable bonds is 6. The SMILES string of the molecule is CCCCCCC=C[SiH2][SiH3]. The van der Waals surface area contributed by atoms with E-state index in [2.05, 4.69) is 18.7 Å². The lowest BCUT2D eigenvalue weighted by molar-refractivity contribution is 0.675. The van der Waals surface area contributed by atoms with Crippen LogP contribution in [0.1, 0.15) is 39.0 Å². The summed E-state index contributed by atoms with van der Waals surface area (Å²) < 4.78 is 0. The van der Waals surface area contributed by atoms with Gasteiger partial charge in [0.25, 0.3) is 0 Å². The molecule has 0 aromatic heterocycles. The first-order valence-corrected chi connectivity index (χ1v) is 11.0. The van der Waals surface area contributed by atoms with Gasteiger partial charge in [0, 0.05) is 9.04 Å². The number of hydrogen-bond donors (Lipinski definition) is 0. The van der Waals surface area contributed by atoms with E-state index in [0.29, 0.717) is 9.04 Å². The summed E-state index contributed by atoms with van der Waals surface area (Å²) in [5.74, 6) is 0. The first-order chi connectivity index (χ1) is 4.91. The quantitative estimate of drug-likeness (QED) is 0.413. The summed E-state index contributed by atoms with van der Waals surface area (Å²) in [6, 6.07) is 0. The predicted molar refractivity (Wildman–Crippen MR) is 56.4 cm³/mol. The van der Waals surface area contributed by atoms with E-state index in [-0.39, 0.29) is 0 Å². The van der Waals surface area contributed by atoms with Gasteiger partial charge in [-0.1, -0.05) is 32.3 Å². The van der Waals surface area contributed by atoms with Crippen molar-refractivity contribution in [2.24, 2.45) is 0 Å². The molecule has 0 spiro atoms. The Morgan fingerprint density at radius 2 is 2.10 bits per heavy atom. The second-order valence-corrected chi connectivity index (χ2v) is 6.47. The van der Waals surface area contributed by atoms with Gasteiger partial charge < -0.3 is 0 Å². The molecule has 0 unspecified atom stereocenters. The molecule has 0 amide bonds. The second kappa shape index (κ2) is 9.17. The molecule has 0 aliphatic heterocycles. The third kappa shape index (κ3) is 8.17. The van der Waals surface area contributed by atoms with Gasteiger partial charge in [0.05, 0.1) is 0 Å². The lowest BCUT2D eigenvalue weighted by atomic mass is 10.2. The summed E-state index contributed by atoms with van der Waals surface area (Å²) >= 11 is 0. The van der Waals surface area contributed by atoms with Crippen molar-refractivity contribution in [2.75, 3.05) is 0 Å². The van der Waals surface area contributed by atoms with Crippen molar-refractivity contribution in [3.63, 3.8) is 0 Å². The van der Waals surface area contributed by atoms with Gasteiger partial charge in [0.1, 0.15) is 0 Å². The van der Waals surface area contributed by atoms with E-state index in [1.165, 1.54) is 41.9 Å². The zero-order valence-electron chi connectivity index (χ0n) is 7.40. The normalized spacial score (nSPS) is 12.5. The van der Waals surface area contributed by atoms with Gasteiger partial charge in [0.15, 0.2) is 0 Å². The van der Waals surface area contributed by atoms with Crippen LogP contribution in [0.25, 0.3) is 0 Å². The van der Waals surface area contributed by atoms with Crippen molar-refractivity contribution >= 4 is 18.8 Å². The Morgan fingerprint density at radius 3 is 2.70 bits per heavy atom. The van der Waals surface area contributed by atoms with Gasteiger partial charge in [-0.15, -0.1) is 5.70 Å². The van der Waals surface area contributed by atoms with E-state index in [1.807, 2.05) is 0 Å². The maximum absolute atomic E-state index is 2.46. The summed E-state index contributed by atoms with van der Waals surface area (Å²) in [6.45, 7) is 2.26. The summed E-state index contributed by atoms with van der Waals surface area (Å²) in [4.78, 5) is 0. The lowest BCUT2D eigenvalue weighted by Crippen LogP contribution is -1.79. The fourth-order valence-electron chi connectivity index (χ4n) is 0.973. The van der Waals surface area contributed by atoms with Crippen molar-refractivity contribution in [1.29, 1.82) is 0 Å². The first-order valence-electron chi connectivity index (χ1n) is 4.56. The standard InChI is InChI=1S/C8H20Si2/c1-2-3-4-5-6-7-8-10-9/h7-8H,2-6,10H2,1,9H3. The molecule has 0 aromatic rings. The zero-order valence-corrected chi connectivity index (χ0v) is 10.8. The first kappa shape index (κ1) is 10.2. The van der Waals surface area contributed by atoms with Gasteiger partial charge in [-0.2, -0.15) is 0 Å². The van der Waals surface area contributed by atoms with Gasteiger partial charge in [-0.3, -0.25) is 0 Å². The fourth-order valence-corrected chi connectivity index (χ4v) is 2.54. The monoisotopic (exact) mass is 172 g/mol. The average Bonchev–Trinajstić information content (AvgIpc) is 1.97. The van der Waals surface area contributed by atoms with Crippen LogP contribution in [0.5, 0.6) is 0 Å². The third-order valence-corrected chi connectivity index (χ3v) is 3.85. The highest BCUT2D eigenvalue weighted by molar-refractivity contribution is 6.92. The summed E-state index contributed by atoms with van der Waals surface area (Å²) in [5, 5.41) is 0. The van der Waals surface area contributed by atoms with Crippen molar-refractivity contribution in [3.8, 4) is 0 Å². The number of allylic oxidation sites excluding steroid dienone is 1. The number of unbranched alkanes of at least 4 members (excludes halogenated alkanes) is 4. The van der Waals surface area contributed by atoms with Crippen LogP contribution in [0.4, 0.5) is 0 Å². The van der Waals surface area contributed by atoms with Crippen molar-refractivity contribution < 1.29 is 0 Å². The molecule has 0 saturated heterocycles. The van der Waals surface area contributed by atoms with Crippen LogP contribution in [0.2, 0.25) is 0 Å². The van der Waals surface area contributed by atoms with Crippen LogP contribution in [-0.2, 0) is 0 Å². The number of hydrogen-bond acceptors (Lipinski definition) is 0. The molecule has 0 aromatic carbocycles. The molecule has 0 saturated carbocycles. The minimum absolute atomic E-state index is 0.333. The van der Waals surface area contributed by atoms with Crippen LogP contribution in [0, 0.1) is 0 Å². The smallest absolute Gasteiger partial charge is 0.0288 e. The van der Waals surface area contributed by atoms with Crippen LogP contribution < -0.4 is 0 Å². The molecule has 2 heteroatoms. The molecule has 0 radical (unpaired) electrons. The highest BCUT2D eigenvalue weighted by Gasteiger charge is 1.82. The lowest BCUT2D eigenvalue weighted by Gasteiger charge is -1.92. The zero-order chi connectivity index (χ0) is 7.66. The summed E-state index contributed by atoms with van der Waals surface area (Å²) in [7, 11) is 1.79. The molecule has 0 aliphatic carbocycles. The highest BCUT2D eigenvalue weighted by Crippen LogP contribution is 2.02. The minimum atomic E-state index is 0.333.